The largest absolute Gasteiger partial charge is 0.465 e. The highest BCUT2D eigenvalue weighted by atomic mass is 32.2. The fourth-order valence-electron chi connectivity index (χ4n) is 2.35. The lowest BCUT2D eigenvalue weighted by Crippen LogP contribution is -2.32. The zero-order valence-electron chi connectivity index (χ0n) is 12.6. The summed E-state index contributed by atoms with van der Waals surface area (Å²) in [5.74, 6) is -0.480. The molecule has 122 valence electrons. The van der Waals surface area contributed by atoms with E-state index in [-0.39, 0.29) is 10.9 Å². The molecule has 0 bridgehead atoms. The van der Waals surface area contributed by atoms with Crippen molar-refractivity contribution in [2.45, 2.75) is 30.3 Å². The van der Waals surface area contributed by atoms with Gasteiger partial charge in [0.2, 0.25) is 10.0 Å². The smallest absolute Gasteiger partial charge is 0.337 e. The lowest BCUT2D eigenvalue weighted by molar-refractivity contribution is 0.0600. The Kier molecular flexibility index (Phi) is 4.52. The molecule has 1 saturated carbocycles. The molecule has 1 aliphatic carbocycles. The molecule has 5 nitrogen and oxygen atoms in total. The van der Waals surface area contributed by atoms with Crippen molar-refractivity contribution >= 4 is 27.3 Å². The summed E-state index contributed by atoms with van der Waals surface area (Å²) in [5, 5.41) is 1.94. The van der Waals surface area contributed by atoms with Gasteiger partial charge in [0, 0.05) is 17.5 Å². The summed E-state index contributed by atoms with van der Waals surface area (Å²) in [6, 6.07) is 9.82. The van der Waals surface area contributed by atoms with E-state index in [2.05, 4.69) is 4.74 Å². The monoisotopic (exact) mass is 351 g/mol. The fourth-order valence-corrected chi connectivity index (χ4v) is 4.79. The number of thiophene rings is 1. The van der Waals surface area contributed by atoms with E-state index in [1.807, 2.05) is 17.5 Å². The molecule has 0 atom stereocenters. The number of nitrogens with zero attached hydrogens (tertiary/aromatic N) is 1. The molecule has 0 aliphatic heterocycles. The summed E-state index contributed by atoms with van der Waals surface area (Å²) in [6.45, 7) is 0.392. The van der Waals surface area contributed by atoms with E-state index in [0.717, 1.165) is 17.7 Å². The summed E-state index contributed by atoms with van der Waals surface area (Å²) >= 11 is 1.55. The number of rotatable bonds is 6. The van der Waals surface area contributed by atoms with Gasteiger partial charge in [-0.25, -0.2) is 13.2 Å². The second-order valence-corrected chi connectivity index (χ2v) is 8.30. The van der Waals surface area contributed by atoms with Gasteiger partial charge in [-0.2, -0.15) is 4.31 Å². The Hall–Kier alpha value is -1.70. The molecule has 2 aromatic rings. The molecule has 1 aliphatic rings. The highest BCUT2D eigenvalue weighted by Gasteiger charge is 2.38. The lowest BCUT2D eigenvalue weighted by Gasteiger charge is -2.21. The Morgan fingerprint density at radius 3 is 2.48 bits per heavy atom. The minimum Gasteiger partial charge on any atom is -0.465 e. The maximum Gasteiger partial charge on any atom is 0.337 e. The van der Waals surface area contributed by atoms with Crippen LogP contribution in [0.5, 0.6) is 0 Å². The summed E-state index contributed by atoms with van der Waals surface area (Å²) in [6.07, 6.45) is 1.79. The first kappa shape index (κ1) is 16.2. The van der Waals surface area contributed by atoms with Crippen LogP contribution < -0.4 is 0 Å². The number of esters is 1. The van der Waals surface area contributed by atoms with Gasteiger partial charge in [-0.05, 0) is 48.6 Å². The average Bonchev–Trinajstić information content (AvgIpc) is 3.27. The molecule has 3 rings (SSSR count). The van der Waals surface area contributed by atoms with E-state index in [9.17, 15) is 13.2 Å². The molecule has 0 unspecified atom stereocenters. The molecular weight excluding hydrogens is 334 g/mol. The highest BCUT2D eigenvalue weighted by Crippen LogP contribution is 2.34. The molecule has 1 aromatic carbocycles. The molecule has 0 N–H and O–H groups in total. The van der Waals surface area contributed by atoms with Crippen LogP contribution in [0, 0.1) is 0 Å². The van der Waals surface area contributed by atoms with Crippen molar-refractivity contribution < 1.29 is 17.9 Å². The van der Waals surface area contributed by atoms with Gasteiger partial charge >= 0.3 is 5.97 Å². The zero-order valence-corrected chi connectivity index (χ0v) is 14.3. The quantitative estimate of drug-likeness (QED) is 0.751. The Morgan fingerprint density at radius 1 is 1.26 bits per heavy atom. The SMILES string of the molecule is COC(=O)c1ccc(S(=O)(=O)N(Cc2cccs2)C2CC2)cc1. The standard InChI is InChI=1S/C16H17NO4S2/c1-21-16(18)12-4-8-15(9-5-12)23(19,20)17(13-6-7-13)11-14-3-2-10-22-14/h2-5,8-10,13H,6-7,11H2,1H3. The van der Waals surface area contributed by atoms with Crippen LogP contribution in [0.1, 0.15) is 28.1 Å². The summed E-state index contributed by atoms with van der Waals surface area (Å²) in [5.41, 5.74) is 0.336. The van der Waals surface area contributed by atoms with Crippen molar-refractivity contribution in [3.8, 4) is 0 Å². The minimum atomic E-state index is -3.58. The van der Waals surface area contributed by atoms with Crippen LogP contribution in [0.2, 0.25) is 0 Å². The van der Waals surface area contributed by atoms with Gasteiger partial charge in [0.15, 0.2) is 0 Å². The van der Waals surface area contributed by atoms with Crippen LogP contribution in [-0.4, -0.2) is 31.8 Å². The molecule has 0 saturated heterocycles. The predicted molar refractivity (Wildman–Crippen MR) is 87.9 cm³/mol. The molecule has 1 heterocycles. The molecule has 7 heteroatoms. The highest BCUT2D eigenvalue weighted by molar-refractivity contribution is 7.89. The van der Waals surface area contributed by atoms with E-state index < -0.39 is 16.0 Å². The zero-order chi connectivity index (χ0) is 16.4. The lowest BCUT2D eigenvalue weighted by atomic mass is 10.2. The Bertz CT molecular complexity index is 778. The van der Waals surface area contributed by atoms with E-state index in [4.69, 9.17) is 0 Å². The molecule has 1 fully saturated rings. The van der Waals surface area contributed by atoms with Gasteiger partial charge in [0.25, 0.3) is 0 Å². The number of hydrogen-bond acceptors (Lipinski definition) is 5. The van der Waals surface area contributed by atoms with Crippen molar-refractivity contribution in [2.75, 3.05) is 7.11 Å². The molecular formula is C16H17NO4S2. The maximum atomic E-state index is 12.9. The van der Waals surface area contributed by atoms with Crippen LogP contribution in [0.4, 0.5) is 0 Å². The number of ether oxygens (including phenoxy) is 1. The van der Waals surface area contributed by atoms with Gasteiger partial charge < -0.3 is 4.74 Å². The maximum absolute atomic E-state index is 12.9. The van der Waals surface area contributed by atoms with Gasteiger partial charge in [-0.3, -0.25) is 0 Å². The second-order valence-electron chi connectivity index (χ2n) is 5.38. The van der Waals surface area contributed by atoms with Gasteiger partial charge in [-0.15, -0.1) is 11.3 Å². The third-order valence-corrected chi connectivity index (χ3v) is 6.50. The molecule has 0 amide bonds. The first-order valence-corrected chi connectivity index (χ1v) is 9.57. The Labute approximate surface area is 139 Å². The number of methoxy groups -OCH3 is 1. The number of carbonyl (C=O) groups excluding carboxylic acids is 1. The van der Waals surface area contributed by atoms with Crippen LogP contribution in [0.25, 0.3) is 0 Å². The first-order chi connectivity index (χ1) is 11.0. The predicted octanol–water partition coefficient (Wildman–Crippen LogP) is 2.89. The number of benzene rings is 1. The van der Waals surface area contributed by atoms with Gasteiger partial charge in [0.05, 0.1) is 17.6 Å². The molecule has 0 radical (unpaired) electrons. The van der Waals surface area contributed by atoms with E-state index in [0.29, 0.717) is 12.1 Å². The molecule has 0 spiro atoms. The first-order valence-electron chi connectivity index (χ1n) is 7.25. The Balaban J connectivity index is 1.87. The van der Waals surface area contributed by atoms with Crippen molar-refractivity contribution in [2.24, 2.45) is 0 Å². The van der Waals surface area contributed by atoms with Crippen LogP contribution in [0.3, 0.4) is 0 Å². The number of hydrogen-bond donors (Lipinski definition) is 0. The van der Waals surface area contributed by atoms with Gasteiger partial charge in [-0.1, -0.05) is 6.07 Å². The topological polar surface area (TPSA) is 63.7 Å². The van der Waals surface area contributed by atoms with Crippen LogP contribution in [0.15, 0.2) is 46.7 Å². The van der Waals surface area contributed by atoms with E-state index in [1.165, 1.54) is 31.4 Å². The third kappa shape index (κ3) is 3.46. The van der Waals surface area contributed by atoms with E-state index in [1.54, 1.807) is 15.6 Å². The second kappa shape index (κ2) is 6.43. The van der Waals surface area contributed by atoms with Crippen molar-refractivity contribution in [1.29, 1.82) is 0 Å². The summed E-state index contributed by atoms with van der Waals surface area (Å²) < 4.78 is 32.0. The van der Waals surface area contributed by atoms with Gasteiger partial charge in [0.1, 0.15) is 0 Å². The van der Waals surface area contributed by atoms with Crippen molar-refractivity contribution in [1.82, 2.24) is 4.31 Å². The number of carbonyl (C=O) groups is 1. The minimum absolute atomic E-state index is 0.0717. The normalized spacial score (nSPS) is 14.9. The molecule has 23 heavy (non-hydrogen) atoms. The molecule has 1 aromatic heterocycles. The van der Waals surface area contributed by atoms with E-state index >= 15 is 0 Å². The van der Waals surface area contributed by atoms with Crippen molar-refractivity contribution in [3.05, 3.63) is 52.2 Å². The third-order valence-electron chi connectivity index (χ3n) is 3.73. The van der Waals surface area contributed by atoms with Crippen LogP contribution >= 0.6 is 11.3 Å². The average molecular weight is 351 g/mol. The fraction of sp³-hybridized carbons (Fsp3) is 0.312. The van der Waals surface area contributed by atoms with Crippen molar-refractivity contribution in [3.63, 3.8) is 0 Å². The summed E-state index contributed by atoms with van der Waals surface area (Å²) in [4.78, 5) is 12.7. The van der Waals surface area contributed by atoms with Crippen LogP contribution in [-0.2, 0) is 21.3 Å². The summed E-state index contributed by atoms with van der Waals surface area (Å²) in [7, 11) is -2.28. The Morgan fingerprint density at radius 2 is 1.96 bits per heavy atom. The number of sulfonamides is 1.